The first-order valence-corrected chi connectivity index (χ1v) is 12.2. The van der Waals surface area contributed by atoms with Gasteiger partial charge in [0, 0.05) is 11.1 Å². The molecule has 0 bridgehead atoms. The molecule has 1 aliphatic carbocycles. The van der Waals surface area contributed by atoms with Crippen LogP contribution in [0, 0.1) is 29.2 Å². The molecule has 0 heterocycles. The highest BCUT2D eigenvalue weighted by molar-refractivity contribution is 5.66. The molecule has 0 amide bonds. The van der Waals surface area contributed by atoms with Crippen LogP contribution in [0.3, 0.4) is 0 Å². The molecule has 0 aromatic heterocycles. The number of unbranched alkanes of at least 4 members (excludes halogenated alkanes) is 3. The molecule has 0 N–H and O–H groups in total. The third kappa shape index (κ3) is 6.18. The largest absolute Gasteiger partial charge is 0.490 e. The number of benzene rings is 2. The second-order valence-corrected chi connectivity index (χ2v) is 9.06. The molecule has 1 aliphatic rings. The maximum Gasteiger partial charge on any atom is 0.201 e. The highest BCUT2D eigenvalue weighted by atomic mass is 19.2. The van der Waals surface area contributed by atoms with E-state index in [2.05, 4.69) is 13.5 Å². The van der Waals surface area contributed by atoms with E-state index in [1.807, 2.05) is 6.08 Å². The van der Waals surface area contributed by atoms with Gasteiger partial charge in [-0.1, -0.05) is 44.4 Å². The highest BCUT2D eigenvalue weighted by Crippen LogP contribution is 2.41. The lowest BCUT2D eigenvalue weighted by Crippen LogP contribution is -2.15. The van der Waals surface area contributed by atoms with Gasteiger partial charge in [0.25, 0.3) is 0 Å². The van der Waals surface area contributed by atoms with Crippen molar-refractivity contribution in [2.75, 3.05) is 6.61 Å². The molecule has 3 rings (SSSR count). The second kappa shape index (κ2) is 12.2. The highest BCUT2D eigenvalue weighted by Gasteiger charge is 2.27. The fourth-order valence-electron chi connectivity index (χ4n) is 4.77. The Morgan fingerprint density at radius 2 is 1.52 bits per heavy atom. The predicted molar refractivity (Wildman–Crippen MR) is 125 cm³/mol. The van der Waals surface area contributed by atoms with Crippen molar-refractivity contribution in [2.24, 2.45) is 5.92 Å². The van der Waals surface area contributed by atoms with Gasteiger partial charge in [-0.05, 0) is 74.5 Å². The van der Waals surface area contributed by atoms with E-state index in [4.69, 9.17) is 4.74 Å². The van der Waals surface area contributed by atoms with Crippen LogP contribution >= 0.6 is 0 Å². The molecule has 2 aromatic carbocycles. The quantitative estimate of drug-likeness (QED) is 0.184. The van der Waals surface area contributed by atoms with Gasteiger partial charge < -0.3 is 4.74 Å². The molecule has 180 valence electrons. The van der Waals surface area contributed by atoms with Crippen LogP contribution in [0.1, 0.15) is 82.6 Å². The fourth-order valence-corrected chi connectivity index (χ4v) is 4.77. The van der Waals surface area contributed by atoms with E-state index in [9.17, 15) is 17.6 Å². The molecule has 1 fully saturated rings. The third-order valence-corrected chi connectivity index (χ3v) is 6.77. The summed E-state index contributed by atoms with van der Waals surface area (Å²) in [5.74, 6) is -4.17. The van der Waals surface area contributed by atoms with Crippen molar-refractivity contribution in [3.63, 3.8) is 0 Å². The summed E-state index contributed by atoms with van der Waals surface area (Å²) in [6.07, 6.45) is 11.3. The summed E-state index contributed by atoms with van der Waals surface area (Å²) in [6.45, 7) is 6.12. The lowest BCUT2D eigenvalue weighted by Gasteiger charge is -2.29. The maximum absolute atomic E-state index is 15.0. The molecule has 1 nitrogen and oxygen atoms in total. The first kappa shape index (κ1) is 25.3. The molecule has 0 atom stereocenters. The molecule has 0 saturated heterocycles. The minimum atomic E-state index is -1.23. The van der Waals surface area contributed by atoms with Crippen molar-refractivity contribution in [2.45, 2.75) is 77.0 Å². The lowest BCUT2D eigenvalue weighted by molar-refractivity contribution is 0.285. The normalized spacial score (nSPS) is 18.3. The number of allylic oxidation sites excluding steroid dienone is 1. The zero-order chi connectivity index (χ0) is 23.8. The predicted octanol–water partition coefficient (Wildman–Crippen LogP) is 9.11. The second-order valence-electron chi connectivity index (χ2n) is 9.06. The van der Waals surface area contributed by atoms with Crippen molar-refractivity contribution in [1.29, 1.82) is 0 Å². The van der Waals surface area contributed by atoms with E-state index in [-0.39, 0.29) is 29.4 Å². The Morgan fingerprint density at radius 1 is 0.848 bits per heavy atom. The number of halogens is 4. The first-order chi connectivity index (χ1) is 16.0. The molecule has 5 heteroatoms. The first-order valence-electron chi connectivity index (χ1n) is 12.2. The van der Waals surface area contributed by atoms with Crippen LogP contribution in [0.5, 0.6) is 5.75 Å². The molecule has 0 radical (unpaired) electrons. The third-order valence-electron chi connectivity index (χ3n) is 6.77. The Bertz CT molecular complexity index is 932. The smallest absolute Gasteiger partial charge is 0.201 e. The Hall–Kier alpha value is -2.30. The van der Waals surface area contributed by atoms with Crippen molar-refractivity contribution in [1.82, 2.24) is 0 Å². The Labute approximate surface area is 194 Å². The van der Waals surface area contributed by atoms with Crippen molar-refractivity contribution < 1.29 is 22.3 Å². The standard InChI is InChI=1S/C28H34F4O/c1-3-5-7-8-18-33-24-17-16-23(27(31)28(24)32)22-15-14-21(25(29)26(22)30)20-12-10-19(11-13-20)9-6-4-2/h4,14-17,19-20H,2-3,5-13,18H2,1H3. The van der Waals surface area contributed by atoms with E-state index in [0.717, 1.165) is 64.2 Å². The zero-order valence-electron chi connectivity index (χ0n) is 19.4. The summed E-state index contributed by atoms with van der Waals surface area (Å²) in [5.41, 5.74) is -0.255. The van der Waals surface area contributed by atoms with E-state index in [0.29, 0.717) is 11.5 Å². The molecular formula is C28H34F4O. The minimum Gasteiger partial charge on any atom is -0.490 e. The molecular weight excluding hydrogens is 428 g/mol. The molecule has 0 aliphatic heterocycles. The van der Waals surface area contributed by atoms with Gasteiger partial charge in [0.2, 0.25) is 5.82 Å². The van der Waals surface area contributed by atoms with Crippen LogP contribution in [0.4, 0.5) is 17.6 Å². The molecule has 0 unspecified atom stereocenters. The zero-order valence-corrected chi connectivity index (χ0v) is 19.4. The van der Waals surface area contributed by atoms with Gasteiger partial charge >= 0.3 is 0 Å². The average molecular weight is 463 g/mol. The number of rotatable bonds is 11. The van der Waals surface area contributed by atoms with Crippen LogP contribution in [0.15, 0.2) is 36.9 Å². The topological polar surface area (TPSA) is 9.23 Å². The number of ether oxygens (including phenoxy) is 1. The van der Waals surface area contributed by atoms with E-state index in [1.54, 1.807) is 0 Å². The lowest BCUT2D eigenvalue weighted by atomic mass is 9.77. The van der Waals surface area contributed by atoms with Gasteiger partial charge in [-0.3, -0.25) is 0 Å². The summed E-state index contributed by atoms with van der Waals surface area (Å²) in [6, 6.07) is 5.42. The van der Waals surface area contributed by atoms with E-state index >= 15 is 0 Å². The van der Waals surface area contributed by atoms with Gasteiger partial charge in [-0.25, -0.2) is 13.2 Å². The molecule has 2 aromatic rings. The summed E-state index contributed by atoms with van der Waals surface area (Å²) < 4.78 is 64.6. The Balaban J connectivity index is 1.73. The van der Waals surface area contributed by atoms with Crippen LogP contribution in [-0.4, -0.2) is 6.61 Å². The van der Waals surface area contributed by atoms with Crippen LogP contribution in [-0.2, 0) is 0 Å². The van der Waals surface area contributed by atoms with Crippen molar-refractivity contribution >= 4 is 0 Å². The Morgan fingerprint density at radius 3 is 2.18 bits per heavy atom. The van der Waals surface area contributed by atoms with E-state index in [1.165, 1.54) is 24.3 Å². The van der Waals surface area contributed by atoms with Crippen molar-refractivity contribution in [3.8, 4) is 16.9 Å². The van der Waals surface area contributed by atoms with Gasteiger partial charge in [0.05, 0.1) is 6.61 Å². The minimum absolute atomic E-state index is 0.0569. The van der Waals surface area contributed by atoms with Gasteiger partial charge in [0.15, 0.2) is 23.2 Å². The van der Waals surface area contributed by atoms with Gasteiger partial charge in [-0.15, -0.1) is 6.58 Å². The van der Waals surface area contributed by atoms with Crippen molar-refractivity contribution in [3.05, 3.63) is 65.8 Å². The van der Waals surface area contributed by atoms with E-state index < -0.39 is 23.3 Å². The Kier molecular flexibility index (Phi) is 9.40. The van der Waals surface area contributed by atoms with Crippen LogP contribution < -0.4 is 4.74 Å². The van der Waals surface area contributed by atoms with Crippen LogP contribution in [0.25, 0.3) is 11.1 Å². The summed E-state index contributed by atoms with van der Waals surface area (Å²) in [5, 5.41) is 0. The molecule has 33 heavy (non-hydrogen) atoms. The number of hydrogen-bond donors (Lipinski definition) is 0. The van der Waals surface area contributed by atoms with Crippen LogP contribution in [0.2, 0.25) is 0 Å². The average Bonchev–Trinajstić information content (AvgIpc) is 2.83. The monoisotopic (exact) mass is 462 g/mol. The summed E-state index contributed by atoms with van der Waals surface area (Å²) in [4.78, 5) is 0. The fraction of sp³-hybridized carbons (Fsp3) is 0.500. The van der Waals surface area contributed by atoms with Gasteiger partial charge in [0.1, 0.15) is 0 Å². The number of hydrogen-bond acceptors (Lipinski definition) is 1. The summed E-state index contributed by atoms with van der Waals surface area (Å²) in [7, 11) is 0. The maximum atomic E-state index is 15.0. The summed E-state index contributed by atoms with van der Waals surface area (Å²) >= 11 is 0. The van der Waals surface area contributed by atoms with Gasteiger partial charge in [-0.2, -0.15) is 4.39 Å². The molecule has 0 spiro atoms. The SMILES string of the molecule is C=CCCC1CCC(c2ccc(-c3ccc(OCCCCCC)c(F)c3F)c(F)c2F)CC1. The molecule has 1 saturated carbocycles.